The summed E-state index contributed by atoms with van der Waals surface area (Å²) < 4.78 is 5.57. The first-order valence-electron chi connectivity index (χ1n) is 7.95. The summed E-state index contributed by atoms with van der Waals surface area (Å²) in [4.78, 5) is 2.39. The van der Waals surface area contributed by atoms with Gasteiger partial charge in [0.15, 0.2) is 0 Å². The highest BCUT2D eigenvalue weighted by Gasteiger charge is 2.23. The van der Waals surface area contributed by atoms with E-state index in [1.807, 2.05) is 0 Å². The van der Waals surface area contributed by atoms with Crippen LogP contribution < -0.4 is 10.2 Å². The second kappa shape index (κ2) is 8.02. The molecule has 1 N–H and O–H groups in total. The van der Waals surface area contributed by atoms with E-state index in [4.69, 9.17) is 16.3 Å². The highest BCUT2D eigenvalue weighted by Crippen LogP contribution is 2.30. The van der Waals surface area contributed by atoms with Crippen molar-refractivity contribution < 1.29 is 4.74 Å². The van der Waals surface area contributed by atoms with Crippen molar-refractivity contribution in [3.8, 4) is 0 Å². The van der Waals surface area contributed by atoms with E-state index in [9.17, 15) is 0 Å². The van der Waals surface area contributed by atoms with Gasteiger partial charge in [0.05, 0.1) is 30.0 Å². The molecule has 0 saturated carbocycles. The molecule has 1 unspecified atom stereocenters. The number of anilines is 1. The number of halogens is 1. The Balaban J connectivity index is 2.04. The SMILES string of the molecule is CCC1COCCN1c1ccc(CNCC(C)C)cc1Cl. The summed E-state index contributed by atoms with van der Waals surface area (Å²) in [7, 11) is 0. The van der Waals surface area contributed by atoms with Crippen molar-refractivity contribution in [1.82, 2.24) is 5.32 Å². The van der Waals surface area contributed by atoms with Crippen LogP contribution in [0.1, 0.15) is 32.8 Å². The monoisotopic (exact) mass is 310 g/mol. The Morgan fingerprint density at radius 2 is 2.24 bits per heavy atom. The predicted octanol–water partition coefficient (Wildman–Crippen LogP) is 3.70. The molecule has 0 aromatic heterocycles. The first-order chi connectivity index (χ1) is 10.1. The second-order valence-corrected chi connectivity index (χ2v) is 6.55. The number of morpholine rings is 1. The third kappa shape index (κ3) is 4.60. The van der Waals surface area contributed by atoms with E-state index in [1.165, 1.54) is 5.56 Å². The second-order valence-electron chi connectivity index (χ2n) is 6.14. The maximum atomic E-state index is 6.52. The van der Waals surface area contributed by atoms with Crippen LogP contribution in [-0.4, -0.2) is 32.3 Å². The zero-order valence-corrected chi connectivity index (χ0v) is 14.1. The van der Waals surface area contributed by atoms with Crippen LogP contribution in [-0.2, 0) is 11.3 Å². The minimum atomic E-state index is 0.432. The van der Waals surface area contributed by atoms with Crippen LogP contribution in [0.25, 0.3) is 0 Å². The molecular weight excluding hydrogens is 284 g/mol. The van der Waals surface area contributed by atoms with Crippen LogP contribution in [0, 0.1) is 5.92 Å². The van der Waals surface area contributed by atoms with Crippen molar-refractivity contribution in [3.63, 3.8) is 0 Å². The maximum Gasteiger partial charge on any atom is 0.0670 e. The first-order valence-corrected chi connectivity index (χ1v) is 8.33. The van der Waals surface area contributed by atoms with Crippen molar-refractivity contribution in [2.24, 2.45) is 5.92 Å². The van der Waals surface area contributed by atoms with Crippen molar-refractivity contribution >= 4 is 17.3 Å². The Bertz CT molecular complexity index is 450. The molecule has 0 bridgehead atoms. The van der Waals surface area contributed by atoms with E-state index in [2.05, 4.69) is 49.2 Å². The zero-order chi connectivity index (χ0) is 15.2. The van der Waals surface area contributed by atoms with Gasteiger partial charge in [0.2, 0.25) is 0 Å². The van der Waals surface area contributed by atoms with Gasteiger partial charge < -0.3 is 15.0 Å². The Kier molecular flexibility index (Phi) is 6.34. The summed E-state index contributed by atoms with van der Waals surface area (Å²) in [6.07, 6.45) is 1.08. The van der Waals surface area contributed by atoms with Crippen molar-refractivity contribution in [1.29, 1.82) is 0 Å². The molecule has 1 aliphatic rings. The summed E-state index contributed by atoms with van der Waals surface area (Å²) in [5.74, 6) is 0.665. The molecule has 2 rings (SSSR count). The van der Waals surface area contributed by atoms with E-state index in [0.29, 0.717) is 12.0 Å². The summed E-state index contributed by atoms with van der Waals surface area (Å²) in [5.41, 5.74) is 2.38. The molecule has 1 fully saturated rings. The molecule has 1 aliphatic heterocycles. The lowest BCUT2D eigenvalue weighted by Gasteiger charge is -2.37. The third-order valence-electron chi connectivity index (χ3n) is 3.90. The minimum absolute atomic E-state index is 0.432. The standard InChI is InChI=1S/C17H27ClN2O/c1-4-15-12-21-8-7-20(15)17-6-5-14(9-16(17)18)11-19-10-13(2)3/h5-6,9,13,15,19H,4,7-8,10-12H2,1-3H3. The van der Waals surface area contributed by atoms with Gasteiger partial charge in [0, 0.05) is 13.1 Å². The highest BCUT2D eigenvalue weighted by molar-refractivity contribution is 6.33. The maximum absolute atomic E-state index is 6.52. The van der Waals surface area contributed by atoms with Crippen molar-refractivity contribution in [2.75, 3.05) is 31.2 Å². The van der Waals surface area contributed by atoms with Gasteiger partial charge in [-0.15, -0.1) is 0 Å². The third-order valence-corrected chi connectivity index (χ3v) is 4.20. The first kappa shape index (κ1) is 16.6. The number of hydrogen-bond donors (Lipinski definition) is 1. The largest absolute Gasteiger partial charge is 0.377 e. The van der Waals surface area contributed by atoms with Gasteiger partial charge in [0.25, 0.3) is 0 Å². The van der Waals surface area contributed by atoms with Crippen LogP contribution in [0.15, 0.2) is 18.2 Å². The number of nitrogens with one attached hydrogen (secondary N) is 1. The van der Waals surface area contributed by atoms with E-state index in [-0.39, 0.29) is 0 Å². The minimum Gasteiger partial charge on any atom is -0.377 e. The van der Waals surface area contributed by atoms with Crippen molar-refractivity contribution in [2.45, 2.75) is 39.8 Å². The van der Waals surface area contributed by atoms with Gasteiger partial charge in [-0.2, -0.15) is 0 Å². The average molecular weight is 311 g/mol. The molecule has 1 atom stereocenters. The molecule has 1 heterocycles. The number of benzene rings is 1. The Hall–Kier alpha value is -0.770. The van der Waals surface area contributed by atoms with Gasteiger partial charge in [-0.3, -0.25) is 0 Å². The van der Waals surface area contributed by atoms with Gasteiger partial charge >= 0.3 is 0 Å². The predicted molar refractivity (Wildman–Crippen MR) is 90.2 cm³/mol. The van der Waals surface area contributed by atoms with Gasteiger partial charge in [-0.25, -0.2) is 0 Å². The quantitative estimate of drug-likeness (QED) is 0.867. The number of ether oxygens (including phenoxy) is 1. The molecule has 4 heteroatoms. The summed E-state index contributed by atoms with van der Waals surface area (Å²) >= 11 is 6.52. The van der Waals surface area contributed by atoms with E-state index in [1.54, 1.807) is 0 Å². The number of rotatable bonds is 6. The average Bonchev–Trinajstić information content (AvgIpc) is 2.47. The number of hydrogen-bond acceptors (Lipinski definition) is 3. The van der Waals surface area contributed by atoms with Gasteiger partial charge in [-0.1, -0.05) is 38.4 Å². The fraction of sp³-hybridized carbons (Fsp3) is 0.647. The van der Waals surface area contributed by atoms with Crippen LogP contribution >= 0.6 is 11.6 Å². The van der Waals surface area contributed by atoms with Gasteiger partial charge in [0.1, 0.15) is 0 Å². The lowest BCUT2D eigenvalue weighted by atomic mass is 10.1. The number of nitrogens with zero attached hydrogens (tertiary/aromatic N) is 1. The molecule has 3 nitrogen and oxygen atoms in total. The molecule has 1 saturated heterocycles. The molecular formula is C17H27ClN2O. The summed E-state index contributed by atoms with van der Waals surface area (Å²) in [6, 6.07) is 6.85. The summed E-state index contributed by atoms with van der Waals surface area (Å²) in [5, 5.41) is 4.30. The Labute approximate surface area is 133 Å². The summed E-state index contributed by atoms with van der Waals surface area (Å²) in [6.45, 7) is 11.0. The Morgan fingerprint density at radius 3 is 2.90 bits per heavy atom. The molecule has 118 valence electrons. The van der Waals surface area contributed by atoms with Crippen LogP contribution in [0.2, 0.25) is 5.02 Å². The lowest BCUT2D eigenvalue weighted by molar-refractivity contribution is 0.0930. The fourth-order valence-corrected chi connectivity index (χ4v) is 3.02. The van der Waals surface area contributed by atoms with Crippen LogP contribution in [0.5, 0.6) is 0 Å². The molecule has 0 spiro atoms. The molecule has 21 heavy (non-hydrogen) atoms. The van der Waals surface area contributed by atoms with E-state index in [0.717, 1.165) is 50.0 Å². The Morgan fingerprint density at radius 1 is 1.43 bits per heavy atom. The van der Waals surface area contributed by atoms with E-state index < -0.39 is 0 Å². The van der Waals surface area contributed by atoms with Crippen LogP contribution in [0.4, 0.5) is 5.69 Å². The molecule has 0 amide bonds. The molecule has 1 aromatic rings. The molecule has 1 aromatic carbocycles. The molecule has 0 aliphatic carbocycles. The lowest BCUT2D eigenvalue weighted by Crippen LogP contribution is -2.45. The van der Waals surface area contributed by atoms with E-state index >= 15 is 0 Å². The smallest absolute Gasteiger partial charge is 0.0670 e. The fourth-order valence-electron chi connectivity index (χ4n) is 2.71. The normalized spacial score (nSPS) is 19.3. The van der Waals surface area contributed by atoms with Crippen LogP contribution in [0.3, 0.4) is 0 Å². The highest BCUT2D eigenvalue weighted by atomic mass is 35.5. The topological polar surface area (TPSA) is 24.5 Å². The van der Waals surface area contributed by atoms with Gasteiger partial charge in [-0.05, 0) is 36.6 Å². The van der Waals surface area contributed by atoms with Crippen molar-refractivity contribution in [3.05, 3.63) is 28.8 Å². The zero-order valence-electron chi connectivity index (χ0n) is 13.4. The molecule has 0 radical (unpaired) electrons.